The van der Waals surface area contributed by atoms with Crippen LogP contribution in [0.1, 0.15) is 41.6 Å². The molecule has 0 aliphatic heterocycles. The fourth-order valence-electron chi connectivity index (χ4n) is 3.79. The first kappa shape index (κ1) is 20.8. The Morgan fingerprint density at radius 3 is 2.60 bits per heavy atom. The van der Waals surface area contributed by atoms with Gasteiger partial charge in [-0.1, -0.05) is 48.5 Å². The van der Waals surface area contributed by atoms with Crippen LogP contribution in [0.5, 0.6) is 0 Å². The fraction of sp³-hybridized carbons (Fsp3) is 0.360. The lowest BCUT2D eigenvalue weighted by Crippen LogP contribution is -2.33. The molecule has 1 amide bonds. The highest BCUT2D eigenvalue weighted by Gasteiger charge is 2.32. The van der Waals surface area contributed by atoms with Crippen LogP contribution in [0, 0.1) is 12.8 Å². The number of thiazole rings is 1. The summed E-state index contributed by atoms with van der Waals surface area (Å²) in [6.07, 6.45) is 2.97. The molecule has 4 nitrogen and oxygen atoms in total. The summed E-state index contributed by atoms with van der Waals surface area (Å²) < 4.78 is 0. The number of nitrogens with one attached hydrogen (secondary N) is 1. The Labute approximate surface area is 183 Å². The van der Waals surface area contributed by atoms with E-state index >= 15 is 0 Å². The van der Waals surface area contributed by atoms with Gasteiger partial charge in [0.25, 0.3) is 0 Å². The van der Waals surface area contributed by atoms with Gasteiger partial charge in [0.2, 0.25) is 5.91 Å². The number of rotatable bonds is 9. The van der Waals surface area contributed by atoms with Gasteiger partial charge in [0.05, 0.1) is 12.1 Å². The highest BCUT2D eigenvalue weighted by atomic mass is 32.1. The number of anilines is 1. The first-order chi connectivity index (χ1) is 14.6. The second-order valence-corrected chi connectivity index (χ2v) is 9.18. The number of carbonyl (C=O) groups is 1. The molecule has 1 unspecified atom stereocenters. The normalized spacial score (nSPS) is 14.6. The molecule has 1 saturated carbocycles. The van der Waals surface area contributed by atoms with Crippen molar-refractivity contribution in [1.82, 2.24) is 9.88 Å². The minimum Gasteiger partial charge on any atom is -0.325 e. The van der Waals surface area contributed by atoms with Crippen LogP contribution < -0.4 is 5.32 Å². The van der Waals surface area contributed by atoms with E-state index in [9.17, 15) is 4.79 Å². The Morgan fingerprint density at radius 2 is 1.87 bits per heavy atom. The third-order valence-electron chi connectivity index (χ3n) is 5.80. The van der Waals surface area contributed by atoms with Crippen molar-refractivity contribution in [2.45, 2.75) is 52.2 Å². The summed E-state index contributed by atoms with van der Waals surface area (Å²) >= 11 is 1.58. The second kappa shape index (κ2) is 9.54. The van der Waals surface area contributed by atoms with Crippen molar-refractivity contribution in [2.24, 2.45) is 5.92 Å². The smallest absolute Gasteiger partial charge is 0.231 e. The molecule has 156 valence electrons. The summed E-state index contributed by atoms with van der Waals surface area (Å²) in [5.74, 6) is 0.782. The first-order valence-corrected chi connectivity index (χ1v) is 11.5. The van der Waals surface area contributed by atoms with E-state index in [2.05, 4.69) is 52.9 Å². The maximum atomic E-state index is 12.5. The maximum Gasteiger partial charge on any atom is 0.231 e. The van der Waals surface area contributed by atoms with E-state index in [0.29, 0.717) is 12.5 Å². The maximum absolute atomic E-state index is 12.5. The monoisotopic (exact) mass is 419 g/mol. The zero-order chi connectivity index (χ0) is 20.9. The van der Waals surface area contributed by atoms with E-state index in [-0.39, 0.29) is 5.91 Å². The first-order valence-electron chi connectivity index (χ1n) is 10.6. The lowest BCUT2D eigenvalue weighted by molar-refractivity contribution is -0.115. The molecule has 0 spiro atoms. The molecule has 0 radical (unpaired) electrons. The zero-order valence-corrected chi connectivity index (χ0v) is 18.5. The number of nitrogens with zero attached hydrogens (tertiary/aromatic N) is 2. The predicted octanol–water partition coefficient (Wildman–Crippen LogP) is 5.43. The van der Waals surface area contributed by atoms with Crippen molar-refractivity contribution in [2.75, 3.05) is 5.32 Å². The highest BCUT2D eigenvalue weighted by molar-refractivity contribution is 7.09. The number of aryl methyl sites for hydroxylation is 1. The summed E-state index contributed by atoms with van der Waals surface area (Å²) in [5, 5.41) is 5.98. The molecule has 1 aliphatic rings. The number of amides is 1. The fourth-order valence-corrected chi connectivity index (χ4v) is 4.58. The summed E-state index contributed by atoms with van der Waals surface area (Å²) in [5.41, 5.74) is 4.32. The van der Waals surface area contributed by atoms with Crippen molar-refractivity contribution < 1.29 is 4.79 Å². The summed E-state index contributed by atoms with van der Waals surface area (Å²) in [6.45, 7) is 6.09. The van der Waals surface area contributed by atoms with Gasteiger partial charge in [0.1, 0.15) is 5.01 Å². The molecule has 1 atom stereocenters. The lowest BCUT2D eigenvalue weighted by atomic mass is 10.1. The summed E-state index contributed by atoms with van der Waals surface area (Å²) in [6, 6.07) is 19.0. The van der Waals surface area contributed by atoms with Gasteiger partial charge in [0, 0.05) is 30.2 Å². The third kappa shape index (κ3) is 5.55. The van der Waals surface area contributed by atoms with Gasteiger partial charge >= 0.3 is 0 Å². The second-order valence-electron chi connectivity index (χ2n) is 8.24. The van der Waals surface area contributed by atoms with Gasteiger partial charge in [-0.05, 0) is 49.8 Å². The molecule has 30 heavy (non-hydrogen) atoms. The molecular weight excluding hydrogens is 390 g/mol. The van der Waals surface area contributed by atoms with Crippen LogP contribution in [0.25, 0.3) is 0 Å². The van der Waals surface area contributed by atoms with Gasteiger partial charge in [-0.25, -0.2) is 4.98 Å². The van der Waals surface area contributed by atoms with Gasteiger partial charge < -0.3 is 5.32 Å². The quantitative estimate of drug-likeness (QED) is 0.503. The molecule has 3 aromatic rings. The van der Waals surface area contributed by atoms with Gasteiger partial charge in [-0.2, -0.15) is 0 Å². The van der Waals surface area contributed by atoms with E-state index in [1.807, 2.05) is 31.2 Å². The predicted molar refractivity (Wildman–Crippen MR) is 124 cm³/mol. The molecule has 1 aliphatic carbocycles. The van der Waals surface area contributed by atoms with Crippen molar-refractivity contribution >= 4 is 22.9 Å². The van der Waals surface area contributed by atoms with E-state index in [1.54, 1.807) is 11.3 Å². The Hall–Kier alpha value is -2.50. The number of aromatic nitrogens is 1. The lowest BCUT2D eigenvalue weighted by Gasteiger charge is -2.28. The van der Waals surface area contributed by atoms with E-state index in [1.165, 1.54) is 18.4 Å². The van der Waals surface area contributed by atoms with E-state index in [0.717, 1.165) is 41.0 Å². The van der Waals surface area contributed by atoms with Crippen LogP contribution in [-0.4, -0.2) is 21.8 Å². The van der Waals surface area contributed by atoms with Crippen LogP contribution in [0.4, 0.5) is 5.69 Å². The Kier molecular flexibility index (Phi) is 6.60. The number of hydrogen-bond acceptors (Lipinski definition) is 4. The summed E-state index contributed by atoms with van der Waals surface area (Å²) in [7, 11) is 0. The Morgan fingerprint density at radius 1 is 1.13 bits per heavy atom. The summed E-state index contributed by atoms with van der Waals surface area (Å²) in [4.78, 5) is 19.8. The van der Waals surface area contributed by atoms with E-state index in [4.69, 9.17) is 4.98 Å². The minimum absolute atomic E-state index is 0.0160. The van der Waals surface area contributed by atoms with Crippen molar-refractivity contribution in [3.63, 3.8) is 0 Å². The largest absolute Gasteiger partial charge is 0.325 e. The number of hydrogen-bond donors (Lipinski definition) is 1. The van der Waals surface area contributed by atoms with Gasteiger partial charge in [-0.15, -0.1) is 11.3 Å². The molecule has 4 rings (SSSR count). The molecule has 1 aromatic heterocycles. The molecule has 2 aromatic carbocycles. The zero-order valence-electron chi connectivity index (χ0n) is 17.7. The average molecular weight is 420 g/mol. The minimum atomic E-state index is -0.0160. The third-order valence-corrected chi connectivity index (χ3v) is 6.70. The molecule has 1 N–H and O–H groups in total. The molecular formula is C25H29N3OS. The Balaban J connectivity index is 1.39. The van der Waals surface area contributed by atoms with Crippen LogP contribution in [-0.2, 0) is 24.3 Å². The van der Waals surface area contributed by atoms with Crippen LogP contribution in [0.2, 0.25) is 0 Å². The average Bonchev–Trinajstić information content (AvgIpc) is 3.50. The standard InChI is InChI=1S/C25H29N3OS/c1-18-8-6-7-11-23(18)27-24(29)14-25-26-22(17-30-25)16-28(19(2)21-12-13-21)15-20-9-4-3-5-10-20/h3-11,17,19,21H,12-16H2,1-2H3,(H,27,29). The highest BCUT2D eigenvalue weighted by Crippen LogP contribution is 2.36. The van der Waals surface area contributed by atoms with Crippen LogP contribution in [0.15, 0.2) is 60.0 Å². The SMILES string of the molecule is Cc1ccccc1NC(=O)Cc1nc(CN(Cc2ccccc2)C(C)C2CC2)cs1. The van der Waals surface area contributed by atoms with Gasteiger partial charge in [-0.3, -0.25) is 9.69 Å². The van der Waals surface area contributed by atoms with Crippen LogP contribution >= 0.6 is 11.3 Å². The Bertz CT molecular complexity index is 981. The van der Waals surface area contributed by atoms with Crippen molar-refractivity contribution in [1.29, 1.82) is 0 Å². The number of benzene rings is 2. The van der Waals surface area contributed by atoms with Crippen molar-refractivity contribution in [3.8, 4) is 0 Å². The molecule has 0 bridgehead atoms. The number of carbonyl (C=O) groups excluding carboxylic acids is 1. The molecule has 1 fully saturated rings. The van der Waals surface area contributed by atoms with Crippen molar-refractivity contribution in [3.05, 3.63) is 81.8 Å². The van der Waals surface area contributed by atoms with E-state index < -0.39 is 0 Å². The van der Waals surface area contributed by atoms with Gasteiger partial charge in [0.15, 0.2) is 0 Å². The number of para-hydroxylation sites is 1. The molecule has 0 saturated heterocycles. The van der Waals surface area contributed by atoms with Crippen LogP contribution in [0.3, 0.4) is 0 Å². The molecule has 5 heteroatoms. The molecule has 1 heterocycles. The topological polar surface area (TPSA) is 45.2 Å².